The molecule has 2 aromatic rings. The second-order valence-electron chi connectivity index (χ2n) is 8.34. The van der Waals surface area contributed by atoms with E-state index in [1.165, 1.54) is 0 Å². The van der Waals surface area contributed by atoms with E-state index in [1.54, 1.807) is 0 Å². The van der Waals surface area contributed by atoms with Crippen LogP contribution in [0.15, 0.2) is 48.5 Å². The molecule has 0 radical (unpaired) electrons. The molecule has 2 aromatic carbocycles. The smallest absolute Gasteiger partial charge is 0.101 e. The molecule has 0 bridgehead atoms. The molecule has 2 rings (SSSR count). The van der Waals surface area contributed by atoms with Gasteiger partial charge < -0.3 is 10.4 Å². The van der Waals surface area contributed by atoms with E-state index >= 15 is 0 Å². The van der Waals surface area contributed by atoms with E-state index in [2.05, 4.69) is 33.0 Å². The average Bonchev–Trinajstić information content (AvgIpc) is 2.64. The quantitative estimate of drug-likeness (QED) is 0.471. The third-order valence-corrected chi connectivity index (χ3v) is 6.79. The van der Waals surface area contributed by atoms with E-state index < -0.39 is 11.6 Å². The highest BCUT2D eigenvalue weighted by atomic mass is 35.5. The van der Waals surface area contributed by atoms with Crippen LogP contribution in [0.4, 0.5) is 0 Å². The zero-order valence-corrected chi connectivity index (χ0v) is 19.6. The van der Waals surface area contributed by atoms with Crippen molar-refractivity contribution in [1.29, 1.82) is 0 Å². The van der Waals surface area contributed by atoms with Crippen molar-refractivity contribution in [2.24, 2.45) is 0 Å². The number of thioether (sulfide) groups is 1. The van der Waals surface area contributed by atoms with Gasteiger partial charge in [-0.1, -0.05) is 75.2 Å². The summed E-state index contributed by atoms with van der Waals surface area (Å²) in [5.74, 6) is 0.964. The van der Waals surface area contributed by atoms with E-state index in [9.17, 15) is 5.11 Å². The largest absolute Gasteiger partial charge is 0.386 e. The van der Waals surface area contributed by atoms with Gasteiger partial charge in [0.1, 0.15) is 6.10 Å². The van der Waals surface area contributed by atoms with Crippen LogP contribution in [0.2, 0.25) is 10.0 Å². The third kappa shape index (κ3) is 6.40. The Kier molecular flexibility index (Phi) is 8.30. The van der Waals surface area contributed by atoms with Gasteiger partial charge in [0.05, 0.1) is 5.54 Å². The van der Waals surface area contributed by atoms with Crippen molar-refractivity contribution in [3.8, 4) is 0 Å². The SMILES string of the molecule is CCC(CSC(C)(C)C)N[C@](C)(c1ccc(Cl)cc1)[C@H](O)c1cccc(Cl)c1. The predicted molar refractivity (Wildman–Crippen MR) is 125 cm³/mol. The van der Waals surface area contributed by atoms with Gasteiger partial charge in [-0.15, -0.1) is 0 Å². The summed E-state index contributed by atoms with van der Waals surface area (Å²) >= 11 is 14.2. The van der Waals surface area contributed by atoms with Crippen molar-refractivity contribution in [2.45, 2.75) is 63.5 Å². The van der Waals surface area contributed by atoms with Crippen LogP contribution in [0.5, 0.6) is 0 Å². The first kappa shape index (κ1) is 23.6. The van der Waals surface area contributed by atoms with Gasteiger partial charge >= 0.3 is 0 Å². The highest BCUT2D eigenvalue weighted by Crippen LogP contribution is 2.37. The third-order valence-electron chi connectivity index (χ3n) is 4.87. The molecule has 0 saturated heterocycles. The van der Waals surface area contributed by atoms with Crippen LogP contribution in [-0.4, -0.2) is 21.6 Å². The Labute approximate surface area is 184 Å². The number of hydrogen-bond donors (Lipinski definition) is 2. The van der Waals surface area contributed by atoms with Gasteiger partial charge in [-0.25, -0.2) is 0 Å². The molecule has 0 amide bonds. The first-order chi connectivity index (χ1) is 13.0. The molecular weight excluding hydrogens is 409 g/mol. The first-order valence-electron chi connectivity index (χ1n) is 9.66. The molecule has 0 spiro atoms. The number of aliphatic hydroxyl groups excluding tert-OH is 1. The number of hydrogen-bond acceptors (Lipinski definition) is 3. The molecule has 154 valence electrons. The predicted octanol–water partition coefficient (Wildman–Crippen LogP) is 6.84. The highest BCUT2D eigenvalue weighted by molar-refractivity contribution is 8.00. The normalized spacial score (nSPS) is 16.4. The van der Waals surface area contributed by atoms with E-state index in [0.717, 1.165) is 23.3 Å². The minimum absolute atomic E-state index is 0.192. The van der Waals surface area contributed by atoms with Gasteiger partial charge in [0.25, 0.3) is 0 Å². The van der Waals surface area contributed by atoms with E-state index in [-0.39, 0.29) is 10.8 Å². The summed E-state index contributed by atoms with van der Waals surface area (Å²) in [4.78, 5) is 0. The van der Waals surface area contributed by atoms with E-state index in [0.29, 0.717) is 10.0 Å². The van der Waals surface area contributed by atoms with Crippen LogP contribution in [0.25, 0.3) is 0 Å². The van der Waals surface area contributed by atoms with Crippen molar-refractivity contribution in [2.75, 3.05) is 5.75 Å². The van der Waals surface area contributed by atoms with Crippen LogP contribution < -0.4 is 5.32 Å². The van der Waals surface area contributed by atoms with Gasteiger partial charge in [0.15, 0.2) is 0 Å². The zero-order chi connectivity index (χ0) is 20.9. The Hall–Kier alpha value is -0.710. The summed E-state index contributed by atoms with van der Waals surface area (Å²) in [6.45, 7) is 10.9. The maximum atomic E-state index is 11.4. The maximum absolute atomic E-state index is 11.4. The molecule has 0 aliphatic carbocycles. The highest BCUT2D eigenvalue weighted by Gasteiger charge is 2.37. The summed E-state index contributed by atoms with van der Waals surface area (Å²) in [6.07, 6.45) is 0.204. The molecule has 2 N–H and O–H groups in total. The molecule has 28 heavy (non-hydrogen) atoms. The first-order valence-corrected chi connectivity index (χ1v) is 11.4. The maximum Gasteiger partial charge on any atom is 0.101 e. The Morgan fingerprint density at radius 3 is 2.18 bits per heavy atom. The van der Waals surface area contributed by atoms with Crippen molar-refractivity contribution in [1.82, 2.24) is 5.32 Å². The summed E-state index contributed by atoms with van der Waals surface area (Å²) in [5.41, 5.74) is 1.09. The van der Waals surface area contributed by atoms with Crippen LogP contribution in [0.1, 0.15) is 58.3 Å². The molecule has 2 nitrogen and oxygen atoms in total. The lowest BCUT2D eigenvalue weighted by molar-refractivity contribution is 0.0601. The van der Waals surface area contributed by atoms with Gasteiger partial charge in [-0.3, -0.25) is 0 Å². The summed E-state index contributed by atoms with van der Waals surface area (Å²) in [7, 11) is 0. The van der Waals surface area contributed by atoms with Crippen LogP contribution >= 0.6 is 35.0 Å². The lowest BCUT2D eigenvalue weighted by atomic mass is 9.82. The number of rotatable bonds is 8. The molecule has 0 aromatic heterocycles. The molecule has 3 atom stereocenters. The zero-order valence-electron chi connectivity index (χ0n) is 17.3. The summed E-state index contributed by atoms with van der Waals surface area (Å²) in [5, 5.41) is 16.4. The van der Waals surface area contributed by atoms with Crippen LogP contribution in [-0.2, 0) is 5.54 Å². The summed E-state index contributed by atoms with van der Waals surface area (Å²) in [6, 6.07) is 15.4. The van der Waals surface area contributed by atoms with Crippen LogP contribution in [0.3, 0.4) is 0 Å². The van der Waals surface area contributed by atoms with Crippen LogP contribution in [0, 0.1) is 0 Å². The monoisotopic (exact) mass is 439 g/mol. The fourth-order valence-electron chi connectivity index (χ4n) is 3.16. The van der Waals surface area contributed by atoms with Gasteiger partial charge in [0, 0.05) is 26.6 Å². The molecule has 0 aliphatic heterocycles. The van der Waals surface area contributed by atoms with Gasteiger partial charge in [-0.2, -0.15) is 11.8 Å². The minimum Gasteiger partial charge on any atom is -0.386 e. The fraction of sp³-hybridized carbons (Fsp3) is 0.478. The minimum atomic E-state index is -0.763. The Morgan fingerprint density at radius 2 is 1.64 bits per heavy atom. The molecule has 5 heteroatoms. The molecular formula is C23H31Cl2NOS. The average molecular weight is 440 g/mol. The second-order valence-corrected chi connectivity index (χ2v) is 11.1. The van der Waals surface area contributed by atoms with E-state index in [4.69, 9.17) is 23.2 Å². The molecule has 0 saturated carbocycles. The standard InChI is InChI=1S/C23H31Cl2NOS/c1-6-20(15-28-22(2,3)4)26-23(5,17-10-12-18(24)13-11-17)21(27)16-8-7-9-19(25)14-16/h7-14,20-21,26-27H,6,15H2,1-5H3/t20?,21-,23-/m1/s1. The Balaban J connectivity index is 2.39. The van der Waals surface area contributed by atoms with Crippen molar-refractivity contribution < 1.29 is 5.11 Å². The number of halogens is 2. The van der Waals surface area contributed by atoms with Crippen molar-refractivity contribution in [3.63, 3.8) is 0 Å². The number of benzene rings is 2. The van der Waals surface area contributed by atoms with Crippen molar-refractivity contribution >= 4 is 35.0 Å². The second kappa shape index (κ2) is 9.86. The summed E-state index contributed by atoms with van der Waals surface area (Å²) < 4.78 is 0.192. The number of aliphatic hydroxyl groups is 1. The topological polar surface area (TPSA) is 32.3 Å². The van der Waals surface area contributed by atoms with Crippen molar-refractivity contribution in [3.05, 3.63) is 69.7 Å². The molecule has 1 unspecified atom stereocenters. The Morgan fingerprint density at radius 1 is 1.00 bits per heavy atom. The molecule has 0 fully saturated rings. The number of nitrogens with one attached hydrogen (secondary N) is 1. The Bertz CT molecular complexity index is 760. The van der Waals surface area contributed by atoms with E-state index in [1.807, 2.05) is 67.2 Å². The van der Waals surface area contributed by atoms with Gasteiger partial charge in [-0.05, 0) is 48.7 Å². The fourth-order valence-corrected chi connectivity index (χ4v) is 4.51. The lowest BCUT2D eigenvalue weighted by Gasteiger charge is -2.40. The molecule has 0 aliphatic rings. The lowest BCUT2D eigenvalue weighted by Crippen LogP contribution is -2.50. The molecule has 0 heterocycles. The van der Waals surface area contributed by atoms with Gasteiger partial charge in [0.2, 0.25) is 0 Å².